The molecule has 6 heterocycles. The Labute approximate surface area is 473 Å². The molecule has 4 fully saturated rings. The Morgan fingerprint density at radius 1 is 0.585 bits per heavy atom. The fourth-order valence-corrected chi connectivity index (χ4v) is 10.1. The van der Waals surface area contributed by atoms with Crippen molar-refractivity contribution >= 4 is 11.9 Å². The maximum absolute atomic E-state index is 13.4. The van der Waals surface area contributed by atoms with Crippen molar-refractivity contribution in [2.75, 3.05) is 26.4 Å². The van der Waals surface area contributed by atoms with Crippen LogP contribution in [0.5, 0.6) is 0 Å². The van der Waals surface area contributed by atoms with E-state index in [1.807, 2.05) is 20.8 Å². The first kappa shape index (κ1) is 67.5. The zero-order valence-corrected chi connectivity index (χ0v) is 46.8. The summed E-state index contributed by atoms with van der Waals surface area (Å²) in [6.07, 6.45) is -37.5. The molecule has 0 radical (unpaired) electrons. The molecule has 0 saturated carbocycles. The van der Waals surface area contributed by atoms with Gasteiger partial charge in [0.1, 0.15) is 98.7 Å². The number of aliphatic hydroxyl groups is 15. The second kappa shape index (κ2) is 30.2. The van der Waals surface area contributed by atoms with Gasteiger partial charge in [-0.3, -0.25) is 9.59 Å². The number of hydrogen-bond donors (Lipinski definition) is 15. The first-order chi connectivity index (χ1) is 38.7. The molecule has 0 aromatic carbocycles. The van der Waals surface area contributed by atoms with Crippen molar-refractivity contribution in [3.8, 4) is 0 Å². The van der Waals surface area contributed by atoms with Crippen LogP contribution in [-0.4, -0.2) is 274 Å². The van der Waals surface area contributed by atoms with Gasteiger partial charge in [-0.1, -0.05) is 47.5 Å². The Kier molecular flexibility index (Phi) is 24.9. The van der Waals surface area contributed by atoms with E-state index in [0.717, 1.165) is 0 Å². The third-order valence-corrected chi connectivity index (χ3v) is 15.8. The fraction of sp³-hybridized carbons (Fsp3) is 0.885. The standard InChI is InChI=1S/C52H86O30/c1-8-19(4)28(74-32(58)13-24(55)12-29(20(5)9-2)76-52-47(36(62)30(15-53)77-52)82-51-41(67)38(64)35(61)27(10-3)75-51)11-23(54)14-33(59)79-44-21(6)70-18-31(37(44)63)78-50-42(68)39(65)45(22(7)73-50)80-49-43(69)46(26(57)17-72-49)81-48-40(66)34(60)25(56)16-71-48/h19-31,34-39,41-42,44-47,50-57,60-69H,8-18H2,1-7H3/t19-,20-,21+,22-,23-,24-,25+,26+,27-,28-,29-,30-,31-,34-,35-,36-,37+,38+,39-,41+,42+,44-,45-,46-,47+,50-,51-,52+/m0/s1. The monoisotopic (exact) mass is 1190 g/mol. The van der Waals surface area contributed by atoms with Crippen LogP contribution in [0, 0.1) is 11.8 Å². The number of carbonyl (C=O) groups is 2. The number of hydrogen-bond acceptors (Lipinski definition) is 30. The smallest absolute Gasteiger partial charge is 0.323 e. The number of carbonyl (C=O) groups excluding carboxylic acids is 2. The molecule has 0 bridgehead atoms. The summed E-state index contributed by atoms with van der Waals surface area (Å²) in [6, 6.07) is 0. The summed E-state index contributed by atoms with van der Waals surface area (Å²) in [5, 5.41) is 160. The zero-order chi connectivity index (χ0) is 60.6. The molecule has 28 atom stereocenters. The quantitative estimate of drug-likeness (QED) is 0.0370. The maximum atomic E-state index is 13.4. The minimum Gasteiger partial charge on any atom is -0.504 e. The van der Waals surface area contributed by atoms with Gasteiger partial charge in [0.15, 0.2) is 37.2 Å². The van der Waals surface area contributed by atoms with Gasteiger partial charge in [-0.05, 0) is 32.1 Å². The number of ether oxygens (including phenoxy) is 13. The molecule has 0 unspecified atom stereocenters. The van der Waals surface area contributed by atoms with Gasteiger partial charge in [-0.15, -0.1) is 0 Å². The van der Waals surface area contributed by atoms with Gasteiger partial charge in [0.2, 0.25) is 11.5 Å². The zero-order valence-electron chi connectivity index (χ0n) is 46.8. The van der Waals surface area contributed by atoms with Crippen molar-refractivity contribution in [3.63, 3.8) is 0 Å². The summed E-state index contributed by atoms with van der Waals surface area (Å²) >= 11 is 0. The van der Waals surface area contributed by atoms with E-state index in [9.17, 15) is 86.2 Å². The van der Waals surface area contributed by atoms with Crippen molar-refractivity contribution in [2.24, 2.45) is 11.8 Å². The van der Waals surface area contributed by atoms with Gasteiger partial charge in [-0.2, -0.15) is 0 Å². The third-order valence-electron chi connectivity index (χ3n) is 15.8. The summed E-state index contributed by atoms with van der Waals surface area (Å²) in [7, 11) is 0. The summed E-state index contributed by atoms with van der Waals surface area (Å²) in [5.41, 5.74) is 0. The molecule has 30 nitrogen and oxygen atoms in total. The van der Waals surface area contributed by atoms with E-state index in [4.69, 9.17) is 61.6 Å². The molecule has 0 aromatic heterocycles. The van der Waals surface area contributed by atoms with Crippen molar-refractivity contribution in [1.82, 2.24) is 0 Å². The summed E-state index contributed by atoms with van der Waals surface area (Å²) in [5.74, 6) is -5.63. The molecule has 6 aliphatic heterocycles. The third kappa shape index (κ3) is 16.3. The summed E-state index contributed by atoms with van der Waals surface area (Å²) < 4.78 is 73.9. The highest BCUT2D eigenvalue weighted by molar-refractivity contribution is 5.71. The van der Waals surface area contributed by atoms with E-state index >= 15 is 0 Å². The minimum atomic E-state index is -1.89. The van der Waals surface area contributed by atoms with E-state index in [1.165, 1.54) is 13.8 Å². The Bertz CT molecular complexity index is 2080. The first-order valence-electron chi connectivity index (χ1n) is 27.9. The van der Waals surface area contributed by atoms with E-state index in [0.29, 0.717) is 12.8 Å². The van der Waals surface area contributed by atoms with Crippen LogP contribution in [0.4, 0.5) is 0 Å². The molecule has 30 heteroatoms. The Balaban J connectivity index is 0.993. The molecule has 0 amide bonds. The average Bonchev–Trinajstić information content (AvgIpc) is 3.75. The van der Waals surface area contributed by atoms with Crippen LogP contribution in [-0.2, 0) is 71.2 Å². The van der Waals surface area contributed by atoms with Crippen LogP contribution in [0.15, 0.2) is 23.4 Å². The van der Waals surface area contributed by atoms with Crippen LogP contribution >= 0.6 is 0 Å². The molecule has 474 valence electrons. The van der Waals surface area contributed by atoms with Gasteiger partial charge >= 0.3 is 23.8 Å². The molecule has 6 rings (SSSR count). The summed E-state index contributed by atoms with van der Waals surface area (Å²) in [4.78, 5) is 26.8. The van der Waals surface area contributed by atoms with Crippen LogP contribution in [0.3, 0.4) is 0 Å². The number of esters is 2. The van der Waals surface area contributed by atoms with Crippen LogP contribution < -0.4 is 0 Å². The van der Waals surface area contributed by atoms with Crippen molar-refractivity contribution in [1.29, 1.82) is 0 Å². The SMILES string of the molecule is CC[C@@H]1O[C@@H](O[C@H]2[C@H](O[C@@H](C[C@H](O)CC(=O)O[C@@H](C[C@H](O)CC(=O)O[C@@H]3[C@H](O)[C@@H](O[C@@H]4O[C@@H](C)[C@H](OC5=C(O)[C@@H](OC6=C(O)[C@@H](O)[C@H](O)CO6)[C@H](O)CO5)[C@@H](O)[C@H]4O)CO[C@@H]3C)[C@@H](C)CC)[C@@H](C)CC)O[C@@H](CO)[C@@H]2O)[C@H](O)[C@H](O)[C@H]1O. The predicted molar refractivity (Wildman–Crippen MR) is 269 cm³/mol. The summed E-state index contributed by atoms with van der Waals surface area (Å²) in [6.45, 7) is 9.84. The van der Waals surface area contributed by atoms with Gasteiger partial charge in [0.25, 0.3) is 0 Å². The second-order valence-electron chi connectivity index (χ2n) is 21.9. The van der Waals surface area contributed by atoms with E-state index < -0.39 is 227 Å². The molecule has 0 spiro atoms. The van der Waals surface area contributed by atoms with E-state index in [1.54, 1.807) is 13.8 Å². The molecule has 6 aliphatic rings. The van der Waals surface area contributed by atoms with Gasteiger partial charge < -0.3 is 138 Å². The molecule has 0 aromatic rings. The van der Waals surface area contributed by atoms with E-state index in [2.05, 4.69) is 0 Å². The Morgan fingerprint density at radius 3 is 1.79 bits per heavy atom. The highest BCUT2D eigenvalue weighted by atomic mass is 16.8. The lowest BCUT2D eigenvalue weighted by atomic mass is 9.94. The first-order valence-corrected chi connectivity index (χ1v) is 27.9. The molecular formula is C52H86O30. The van der Waals surface area contributed by atoms with Gasteiger partial charge in [0, 0.05) is 12.8 Å². The van der Waals surface area contributed by atoms with E-state index in [-0.39, 0.29) is 37.7 Å². The Hall–Kier alpha value is -3.58. The van der Waals surface area contributed by atoms with Crippen LogP contribution in [0.25, 0.3) is 0 Å². The predicted octanol–water partition coefficient (Wildman–Crippen LogP) is -3.75. The van der Waals surface area contributed by atoms with Crippen LogP contribution in [0.2, 0.25) is 0 Å². The van der Waals surface area contributed by atoms with Crippen molar-refractivity contribution < 1.29 is 148 Å². The number of rotatable bonds is 26. The number of aliphatic hydroxyl groups excluding tert-OH is 15. The largest absolute Gasteiger partial charge is 0.504 e. The van der Waals surface area contributed by atoms with Gasteiger partial charge in [-0.25, -0.2) is 0 Å². The fourth-order valence-electron chi connectivity index (χ4n) is 10.1. The lowest BCUT2D eigenvalue weighted by Crippen LogP contribution is -2.61. The lowest BCUT2D eigenvalue weighted by Gasteiger charge is -2.44. The normalized spacial score (nSPS) is 40.4. The molecule has 15 N–H and O–H groups in total. The Morgan fingerprint density at radius 2 is 1.16 bits per heavy atom. The van der Waals surface area contributed by atoms with Crippen molar-refractivity contribution in [2.45, 2.75) is 253 Å². The molecule has 0 aliphatic carbocycles. The molecular weight excluding hydrogens is 1100 g/mol. The minimum absolute atomic E-state index is 0.159. The lowest BCUT2D eigenvalue weighted by molar-refractivity contribution is -0.330. The highest BCUT2D eigenvalue weighted by Crippen LogP contribution is 2.36. The molecule has 4 saturated heterocycles. The molecule has 82 heavy (non-hydrogen) atoms. The average molecular weight is 1190 g/mol. The highest BCUT2D eigenvalue weighted by Gasteiger charge is 2.53. The maximum Gasteiger partial charge on any atom is 0.323 e. The van der Waals surface area contributed by atoms with Crippen molar-refractivity contribution in [3.05, 3.63) is 23.4 Å². The van der Waals surface area contributed by atoms with Gasteiger partial charge in [0.05, 0.1) is 62.7 Å². The second-order valence-corrected chi connectivity index (χ2v) is 21.9. The van der Waals surface area contributed by atoms with Crippen LogP contribution in [0.1, 0.15) is 93.4 Å². The topological polar surface area (TPSA) is 458 Å².